The van der Waals surface area contributed by atoms with Crippen molar-refractivity contribution in [3.63, 3.8) is 0 Å². The van der Waals surface area contributed by atoms with E-state index in [-0.39, 0.29) is 0 Å². The summed E-state index contributed by atoms with van der Waals surface area (Å²) < 4.78 is 10.8. The van der Waals surface area contributed by atoms with Gasteiger partial charge in [0, 0.05) is 11.3 Å². The van der Waals surface area contributed by atoms with Crippen molar-refractivity contribution >= 4 is 11.7 Å². The van der Waals surface area contributed by atoms with Crippen LogP contribution in [0.5, 0.6) is 5.75 Å². The molecule has 0 aliphatic rings. The van der Waals surface area contributed by atoms with E-state index in [9.17, 15) is 4.79 Å². The summed E-state index contributed by atoms with van der Waals surface area (Å²) >= 11 is 0. The van der Waals surface area contributed by atoms with Crippen molar-refractivity contribution in [2.45, 2.75) is 26.3 Å². The number of esters is 1. The molecule has 5 heteroatoms. The number of rotatable bonds is 7. The van der Waals surface area contributed by atoms with Gasteiger partial charge in [-0.05, 0) is 55.3 Å². The molecule has 0 bridgehead atoms. The van der Waals surface area contributed by atoms with Gasteiger partial charge in [0.25, 0.3) is 0 Å². The summed E-state index contributed by atoms with van der Waals surface area (Å²) in [4.78, 5) is 12.6. The molecule has 27 heavy (non-hydrogen) atoms. The SMILES string of the molecule is C#Cc1cc(CC)cc(C(Nc2ccc(C#N)cc2)C(=O)OC)c1OCC. The zero-order valence-electron chi connectivity index (χ0n) is 15.7. The summed E-state index contributed by atoms with van der Waals surface area (Å²) in [6.07, 6.45) is 6.43. The second-order valence-corrected chi connectivity index (χ2v) is 5.78. The van der Waals surface area contributed by atoms with Crippen molar-refractivity contribution in [3.8, 4) is 24.2 Å². The zero-order chi connectivity index (χ0) is 19.8. The molecule has 0 aliphatic heterocycles. The second-order valence-electron chi connectivity index (χ2n) is 5.78. The molecule has 0 radical (unpaired) electrons. The average Bonchev–Trinajstić information content (AvgIpc) is 2.72. The number of aryl methyl sites for hydroxylation is 1. The summed E-state index contributed by atoms with van der Waals surface area (Å²) in [5.41, 5.74) is 3.43. The first-order chi connectivity index (χ1) is 13.1. The molecule has 0 amide bonds. The van der Waals surface area contributed by atoms with Crippen LogP contribution in [0.3, 0.4) is 0 Å². The molecule has 1 unspecified atom stereocenters. The predicted molar refractivity (Wildman–Crippen MR) is 104 cm³/mol. The van der Waals surface area contributed by atoms with Gasteiger partial charge in [0.05, 0.1) is 30.9 Å². The Morgan fingerprint density at radius 3 is 2.48 bits per heavy atom. The molecular weight excluding hydrogens is 340 g/mol. The van der Waals surface area contributed by atoms with Gasteiger partial charge < -0.3 is 14.8 Å². The number of nitrogens with one attached hydrogen (secondary N) is 1. The van der Waals surface area contributed by atoms with Crippen molar-refractivity contribution in [2.24, 2.45) is 0 Å². The maximum Gasteiger partial charge on any atom is 0.333 e. The fraction of sp³-hybridized carbons (Fsp3) is 0.273. The molecule has 1 atom stereocenters. The number of ether oxygens (including phenoxy) is 2. The second kappa shape index (κ2) is 9.31. The van der Waals surface area contributed by atoms with Gasteiger partial charge in [0.15, 0.2) is 6.04 Å². The van der Waals surface area contributed by atoms with E-state index in [2.05, 4.69) is 17.3 Å². The molecule has 1 N–H and O–H groups in total. The predicted octanol–water partition coefficient (Wildman–Crippen LogP) is 3.83. The number of benzene rings is 2. The minimum Gasteiger partial charge on any atom is -0.492 e. The van der Waals surface area contributed by atoms with Crippen LogP contribution in [0.25, 0.3) is 0 Å². The van der Waals surface area contributed by atoms with Crippen LogP contribution in [-0.4, -0.2) is 19.7 Å². The summed E-state index contributed by atoms with van der Waals surface area (Å²) in [6, 6.07) is 11.9. The first-order valence-corrected chi connectivity index (χ1v) is 8.68. The van der Waals surface area contributed by atoms with E-state index in [1.165, 1.54) is 7.11 Å². The van der Waals surface area contributed by atoms with Crippen LogP contribution in [0.1, 0.15) is 42.1 Å². The lowest BCUT2D eigenvalue weighted by atomic mass is 9.97. The third-order valence-electron chi connectivity index (χ3n) is 4.10. The molecule has 0 aliphatic carbocycles. The van der Waals surface area contributed by atoms with E-state index in [4.69, 9.17) is 21.2 Å². The summed E-state index contributed by atoms with van der Waals surface area (Å²) in [5.74, 6) is 2.68. The molecule has 5 nitrogen and oxygen atoms in total. The topological polar surface area (TPSA) is 71.4 Å². The lowest BCUT2D eigenvalue weighted by Crippen LogP contribution is -2.23. The highest BCUT2D eigenvalue weighted by Gasteiger charge is 2.27. The standard InChI is InChI=1S/C22H22N2O3/c1-5-15-12-17(6-2)21(27-7-3)19(13-15)20(22(25)26-4)24-18-10-8-16(14-23)9-11-18/h2,8-13,20,24H,5,7H2,1,3-4H3. The number of hydrogen-bond acceptors (Lipinski definition) is 5. The molecule has 138 valence electrons. The Balaban J connectivity index is 2.56. The number of nitriles is 1. The highest BCUT2D eigenvalue weighted by molar-refractivity contribution is 5.82. The Morgan fingerprint density at radius 2 is 1.96 bits per heavy atom. The van der Waals surface area contributed by atoms with Gasteiger partial charge in [0.2, 0.25) is 0 Å². The highest BCUT2D eigenvalue weighted by atomic mass is 16.5. The van der Waals surface area contributed by atoms with Crippen molar-refractivity contribution in [2.75, 3.05) is 19.0 Å². The first kappa shape index (κ1) is 19.9. The zero-order valence-corrected chi connectivity index (χ0v) is 15.7. The molecule has 2 aromatic carbocycles. The number of carbonyl (C=O) groups excluding carboxylic acids is 1. The Hall–Kier alpha value is -3.44. The van der Waals surface area contributed by atoms with E-state index in [0.29, 0.717) is 34.7 Å². The summed E-state index contributed by atoms with van der Waals surface area (Å²) in [5, 5.41) is 12.1. The minimum absolute atomic E-state index is 0.415. The fourth-order valence-electron chi connectivity index (χ4n) is 2.73. The van der Waals surface area contributed by atoms with Gasteiger partial charge in [-0.25, -0.2) is 4.79 Å². The van der Waals surface area contributed by atoms with E-state index in [1.54, 1.807) is 24.3 Å². The van der Waals surface area contributed by atoms with Gasteiger partial charge in [-0.2, -0.15) is 5.26 Å². The molecule has 2 aromatic rings. The number of nitrogens with zero attached hydrogens (tertiary/aromatic N) is 1. The van der Waals surface area contributed by atoms with Gasteiger partial charge in [0.1, 0.15) is 5.75 Å². The number of anilines is 1. The lowest BCUT2D eigenvalue weighted by Gasteiger charge is -2.22. The molecule has 0 spiro atoms. The van der Waals surface area contributed by atoms with Crippen LogP contribution >= 0.6 is 0 Å². The van der Waals surface area contributed by atoms with Crippen molar-refractivity contribution < 1.29 is 14.3 Å². The molecule has 2 rings (SSSR count). The number of terminal acetylenes is 1. The smallest absolute Gasteiger partial charge is 0.333 e. The fourth-order valence-corrected chi connectivity index (χ4v) is 2.73. The molecule has 0 saturated heterocycles. The quantitative estimate of drug-likeness (QED) is 0.599. The maximum atomic E-state index is 12.6. The van der Waals surface area contributed by atoms with Crippen LogP contribution < -0.4 is 10.1 Å². The third kappa shape index (κ3) is 4.59. The average molecular weight is 362 g/mol. The van der Waals surface area contributed by atoms with Crippen molar-refractivity contribution in [1.82, 2.24) is 0 Å². The molecule has 0 aromatic heterocycles. The van der Waals surface area contributed by atoms with Crippen LogP contribution in [-0.2, 0) is 16.0 Å². The van der Waals surface area contributed by atoms with Crippen molar-refractivity contribution in [1.29, 1.82) is 5.26 Å². The molecule has 0 saturated carbocycles. The van der Waals surface area contributed by atoms with Crippen LogP contribution in [0.2, 0.25) is 0 Å². The largest absolute Gasteiger partial charge is 0.492 e. The van der Waals surface area contributed by atoms with Crippen LogP contribution in [0.4, 0.5) is 5.69 Å². The highest BCUT2D eigenvalue weighted by Crippen LogP contribution is 2.34. The third-order valence-corrected chi connectivity index (χ3v) is 4.10. The van der Waals surface area contributed by atoms with Crippen LogP contribution in [0.15, 0.2) is 36.4 Å². The van der Waals surface area contributed by atoms with E-state index >= 15 is 0 Å². The van der Waals surface area contributed by atoms with E-state index in [1.807, 2.05) is 26.0 Å². The lowest BCUT2D eigenvalue weighted by molar-refractivity contribution is -0.141. The molecule has 0 heterocycles. The van der Waals surface area contributed by atoms with Gasteiger partial charge >= 0.3 is 5.97 Å². The van der Waals surface area contributed by atoms with E-state index in [0.717, 1.165) is 12.0 Å². The summed E-state index contributed by atoms with van der Waals surface area (Å²) in [6.45, 7) is 4.29. The number of methoxy groups -OCH3 is 1. The Morgan fingerprint density at radius 1 is 1.26 bits per heavy atom. The van der Waals surface area contributed by atoms with Crippen LogP contribution in [0, 0.1) is 23.7 Å². The molecule has 0 fully saturated rings. The van der Waals surface area contributed by atoms with Gasteiger partial charge in [-0.15, -0.1) is 6.42 Å². The normalized spacial score (nSPS) is 11.0. The Kier molecular flexibility index (Phi) is 6.86. The first-order valence-electron chi connectivity index (χ1n) is 8.68. The molecular formula is C22H22N2O3. The Bertz CT molecular complexity index is 889. The van der Waals surface area contributed by atoms with E-state index < -0.39 is 12.0 Å². The Labute approximate surface area is 159 Å². The van der Waals surface area contributed by atoms with Crippen molar-refractivity contribution in [3.05, 3.63) is 58.7 Å². The summed E-state index contributed by atoms with van der Waals surface area (Å²) in [7, 11) is 1.34. The number of hydrogen-bond donors (Lipinski definition) is 1. The monoisotopic (exact) mass is 362 g/mol. The number of carbonyl (C=O) groups is 1. The van der Waals surface area contributed by atoms with Gasteiger partial charge in [-0.1, -0.05) is 12.8 Å². The van der Waals surface area contributed by atoms with Gasteiger partial charge in [-0.3, -0.25) is 0 Å². The minimum atomic E-state index is -0.803. The maximum absolute atomic E-state index is 12.6.